The molecule has 1 aliphatic heterocycles. The lowest BCUT2D eigenvalue weighted by Crippen LogP contribution is -2.40. The molecule has 132 valence electrons. The normalized spacial score (nSPS) is 20.3. The van der Waals surface area contributed by atoms with Gasteiger partial charge in [-0.2, -0.15) is 0 Å². The number of nitrogens with one attached hydrogen (secondary N) is 1. The minimum atomic E-state index is -0.415. The molecule has 0 saturated heterocycles. The summed E-state index contributed by atoms with van der Waals surface area (Å²) in [5.74, 6) is 0.944. The number of hydrogen-bond acceptors (Lipinski definition) is 3. The van der Waals surface area contributed by atoms with Crippen LogP contribution in [0.25, 0.3) is 0 Å². The fraction of sp³-hybridized carbons (Fsp3) is 0.842. The quantitative estimate of drug-likeness (QED) is 0.611. The summed E-state index contributed by atoms with van der Waals surface area (Å²) in [7, 11) is 0. The van der Waals surface area contributed by atoms with Crippen molar-refractivity contribution in [2.45, 2.75) is 71.3 Å². The number of rotatable bonds is 5. The summed E-state index contributed by atoms with van der Waals surface area (Å²) in [4.78, 5) is 13.8. The zero-order valence-electron chi connectivity index (χ0n) is 15.2. The van der Waals surface area contributed by atoms with Gasteiger partial charge in [-0.15, -0.1) is 0 Å². The van der Waals surface area contributed by atoms with Crippen molar-refractivity contribution in [3.63, 3.8) is 0 Å². The Morgan fingerprint density at radius 3 is 2.65 bits per heavy atom. The van der Waals surface area contributed by atoms with E-state index in [1.54, 1.807) is 4.90 Å². The number of carbonyl (C=O) groups is 1. The summed E-state index contributed by atoms with van der Waals surface area (Å²) in [6, 6.07) is 0. The van der Waals surface area contributed by atoms with E-state index >= 15 is 0 Å². The lowest BCUT2D eigenvalue weighted by atomic mass is 9.87. The molecule has 23 heavy (non-hydrogen) atoms. The average Bonchev–Trinajstić information content (AvgIpc) is 2.51. The second kappa shape index (κ2) is 8.72. The number of ether oxygens (including phenoxy) is 1. The van der Waals surface area contributed by atoms with E-state index < -0.39 is 5.60 Å². The first-order valence-electron chi connectivity index (χ1n) is 9.30. The summed E-state index contributed by atoms with van der Waals surface area (Å²) in [5, 5.41) is 3.58. The van der Waals surface area contributed by atoms with Gasteiger partial charge in [0.15, 0.2) is 0 Å². The van der Waals surface area contributed by atoms with Crippen LogP contribution in [-0.2, 0) is 4.74 Å². The van der Waals surface area contributed by atoms with Crippen LogP contribution in [-0.4, -0.2) is 42.8 Å². The van der Waals surface area contributed by atoms with E-state index in [2.05, 4.69) is 11.4 Å². The summed E-state index contributed by atoms with van der Waals surface area (Å²) in [5.41, 5.74) is 1.01. The van der Waals surface area contributed by atoms with Crippen LogP contribution in [0.2, 0.25) is 0 Å². The van der Waals surface area contributed by atoms with Crippen molar-refractivity contribution in [2.75, 3.05) is 26.2 Å². The van der Waals surface area contributed by atoms with E-state index in [9.17, 15) is 4.79 Å². The molecule has 1 saturated carbocycles. The second-order valence-electron chi connectivity index (χ2n) is 8.01. The van der Waals surface area contributed by atoms with Gasteiger partial charge in [-0.3, -0.25) is 0 Å². The molecule has 4 heteroatoms. The van der Waals surface area contributed by atoms with Crippen LogP contribution in [0.5, 0.6) is 0 Å². The summed E-state index contributed by atoms with van der Waals surface area (Å²) < 4.78 is 5.42. The van der Waals surface area contributed by atoms with Crippen LogP contribution < -0.4 is 5.32 Å². The van der Waals surface area contributed by atoms with Gasteiger partial charge in [0, 0.05) is 19.6 Å². The number of hydrogen-bond donors (Lipinski definition) is 1. The molecule has 0 unspecified atom stereocenters. The van der Waals surface area contributed by atoms with Crippen LogP contribution in [0.1, 0.15) is 65.7 Å². The van der Waals surface area contributed by atoms with Crippen molar-refractivity contribution in [1.29, 1.82) is 0 Å². The van der Waals surface area contributed by atoms with E-state index in [0.717, 1.165) is 32.0 Å². The van der Waals surface area contributed by atoms with Gasteiger partial charge in [-0.1, -0.05) is 43.8 Å². The van der Waals surface area contributed by atoms with Gasteiger partial charge in [-0.25, -0.2) is 4.79 Å². The Kier molecular flexibility index (Phi) is 6.94. The first-order valence-corrected chi connectivity index (χ1v) is 9.30. The average molecular weight is 322 g/mol. The van der Waals surface area contributed by atoms with E-state index in [0.29, 0.717) is 6.54 Å². The minimum Gasteiger partial charge on any atom is -0.444 e. The Hall–Kier alpha value is -1.03. The molecule has 0 radical (unpaired) electrons. The van der Waals surface area contributed by atoms with E-state index in [1.807, 2.05) is 20.8 Å². The lowest BCUT2D eigenvalue weighted by molar-refractivity contribution is 0.0265. The van der Waals surface area contributed by atoms with Crippen LogP contribution in [0.3, 0.4) is 0 Å². The third-order valence-electron chi connectivity index (χ3n) is 4.76. The maximum atomic E-state index is 12.0. The predicted octanol–water partition coefficient (Wildman–Crippen LogP) is 4.11. The highest BCUT2D eigenvalue weighted by molar-refractivity contribution is 5.68. The van der Waals surface area contributed by atoms with Crippen LogP contribution in [0.15, 0.2) is 11.6 Å². The highest BCUT2D eigenvalue weighted by Crippen LogP contribution is 2.25. The Labute approximate surface area is 141 Å². The van der Waals surface area contributed by atoms with Gasteiger partial charge in [0.1, 0.15) is 5.60 Å². The van der Waals surface area contributed by atoms with Gasteiger partial charge in [0.2, 0.25) is 0 Å². The monoisotopic (exact) mass is 322 g/mol. The van der Waals surface area contributed by atoms with Gasteiger partial charge in [-0.05, 0) is 46.1 Å². The molecule has 0 aromatic rings. The van der Waals surface area contributed by atoms with Crippen LogP contribution in [0, 0.1) is 5.92 Å². The molecule has 4 nitrogen and oxygen atoms in total. The molecule has 0 bridgehead atoms. The molecular weight excluding hydrogens is 288 g/mol. The maximum Gasteiger partial charge on any atom is 0.410 e. The molecule has 0 spiro atoms. The minimum absolute atomic E-state index is 0.196. The van der Waals surface area contributed by atoms with Crippen molar-refractivity contribution < 1.29 is 9.53 Å². The molecule has 0 aromatic carbocycles. The number of amides is 1. The van der Waals surface area contributed by atoms with Crippen molar-refractivity contribution in [2.24, 2.45) is 5.92 Å². The van der Waals surface area contributed by atoms with E-state index in [-0.39, 0.29) is 6.09 Å². The fourth-order valence-electron chi connectivity index (χ4n) is 3.40. The summed E-state index contributed by atoms with van der Waals surface area (Å²) in [6.45, 7) is 9.26. The summed E-state index contributed by atoms with van der Waals surface area (Å²) >= 11 is 0. The van der Waals surface area contributed by atoms with Gasteiger partial charge in [0.25, 0.3) is 0 Å². The van der Waals surface area contributed by atoms with E-state index in [1.165, 1.54) is 44.1 Å². The zero-order valence-corrected chi connectivity index (χ0v) is 15.2. The van der Waals surface area contributed by atoms with Crippen molar-refractivity contribution in [3.8, 4) is 0 Å². The van der Waals surface area contributed by atoms with Gasteiger partial charge >= 0.3 is 6.09 Å². The molecule has 1 N–H and O–H groups in total. The first kappa shape index (κ1) is 18.3. The van der Waals surface area contributed by atoms with Crippen molar-refractivity contribution >= 4 is 6.09 Å². The Morgan fingerprint density at radius 1 is 1.30 bits per heavy atom. The standard InChI is InChI=1S/C19H34N2O2/c1-19(2,3)23-18(22)21-13-10-17(11-14-21)15-20-12-9-16-7-5-4-6-8-16/h10,16,20H,4-9,11-15H2,1-3H3. The Balaban J connectivity index is 1.61. The highest BCUT2D eigenvalue weighted by atomic mass is 16.6. The van der Waals surface area contributed by atoms with Crippen molar-refractivity contribution in [1.82, 2.24) is 10.2 Å². The Bertz CT molecular complexity index is 406. The first-order chi connectivity index (χ1) is 10.9. The van der Waals surface area contributed by atoms with E-state index in [4.69, 9.17) is 4.74 Å². The largest absolute Gasteiger partial charge is 0.444 e. The summed E-state index contributed by atoms with van der Waals surface area (Å²) in [6.07, 6.45) is 11.4. The molecule has 1 amide bonds. The molecule has 0 atom stereocenters. The highest BCUT2D eigenvalue weighted by Gasteiger charge is 2.23. The molecule has 2 aliphatic rings. The van der Waals surface area contributed by atoms with Crippen LogP contribution in [0.4, 0.5) is 4.79 Å². The molecule has 1 aliphatic carbocycles. The smallest absolute Gasteiger partial charge is 0.410 e. The third-order valence-corrected chi connectivity index (χ3v) is 4.76. The topological polar surface area (TPSA) is 41.6 Å². The predicted molar refractivity (Wildman–Crippen MR) is 94.6 cm³/mol. The number of carbonyl (C=O) groups excluding carboxylic acids is 1. The third kappa shape index (κ3) is 6.94. The molecule has 0 aromatic heterocycles. The van der Waals surface area contributed by atoms with Crippen molar-refractivity contribution in [3.05, 3.63) is 11.6 Å². The Morgan fingerprint density at radius 2 is 2.04 bits per heavy atom. The molecule has 2 rings (SSSR count). The zero-order chi connectivity index (χ0) is 16.7. The molecule has 1 heterocycles. The van der Waals surface area contributed by atoms with Gasteiger partial charge in [0.05, 0.1) is 0 Å². The maximum absolute atomic E-state index is 12.0. The molecule has 1 fully saturated rings. The number of nitrogens with zero attached hydrogens (tertiary/aromatic N) is 1. The molecular formula is C19H34N2O2. The SMILES string of the molecule is CC(C)(C)OC(=O)N1CC=C(CNCCC2CCCCC2)CC1. The fourth-order valence-corrected chi connectivity index (χ4v) is 3.40. The lowest BCUT2D eigenvalue weighted by Gasteiger charge is -2.29. The second-order valence-corrected chi connectivity index (χ2v) is 8.01. The van der Waals surface area contributed by atoms with Gasteiger partial charge < -0.3 is 15.0 Å². The van der Waals surface area contributed by atoms with Crippen LogP contribution >= 0.6 is 0 Å².